The average Bonchev–Trinajstić information content (AvgIpc) is 3.04. The summed E-state index contributed by atoms with van der Waals surface area (Å²) in [4.78, 5) is 23.5. The molecule has 1 N–H and O–H groups in total. The van der Waals surface area contributed by atoms with Crippen LogP contribution in [0.3, 0.4) is 0 Å². The van der Waals surface area contributed by atoms with Crippen molar-refractivity contribution in [2.45, 2.75) is 219 Å². The van der Waals surface area contributed by atoms with Gasteiger partial charge in [0.1, 0.15) is 6.10 Å². The molecule has 4 nitrogen and oxygen atoms in total. The number of hydrogen-bond acceptors (Lipinski definition) is 3. The molecule has 0 aromatic heterocycles. The second-order valence-electron chi connectivity index (χ2n) is 13.5. The Balaban J connectivity index is 3.79. The van der Waals surface area contributed by atoms with Gasteiger partial charge in [0.05, 0.1) is 0 Å². The number of ether oxygens (including phenoxy) is 1. The lowest BCUT2D eigenvalue weighted by atomic mass is 10.0. The molecule has 0 heterocycles. The standard InChI is InChI=1S/C42H76O4/c1-3-5-7-9-11-13-15-16-17-18-19-20-21-22-23-24-26-28-30-32-34-39-42(45)46-40(37-35-38-41(43)44)36-33-31-29-27-25-14-12-10-8-6-4-2/h11,13,16-17,22-23,40H,3-10,12,14-15,18-21,24-39H2,1-2H3,(H,43,44)/b13-11-,17-16-,23-22-. The molecule has 0 fully saturated rings. The SMILES string of the molecule is CCCCC/C=C\C/C=C\CCCC/C=C\CCCCCCCC(=O)OC(CCCCCCCCCCCCC)CCCC(=O)O. The van der Waals surface area contributed by atoms with E-state index in [1.807, 2.05) is 0 Å². The Bertz CT molecular complexity index is 738. The normalized spacial score (nSPS) is 12.6. The minimum absolute atomic E-state index is 0.100. The smallest absolute Gasteiger partial charge is 0.306 e. The van der Waals surface area contributed by atoms with Gasteiger partial charge in [0.2, 0.25) is 0 Å². The Labute approximate surface area is 286 Å². The minimum Gasteiger partial charge on any atom is -0.481 e. The number of carboxylic acids is 1. The van der Waals surface area contributed by atoms with Crippen molar-refractivity contribution in [2.75, 3.05) is 0 Å². The summed E-state index contributed by atoms with van der Waals surface area (Å²) in [7, 11) is 0. The van der Waals surface area contributed by atoms with Crippen molar-refractivity contribution in [3.8, 4) is 0 Å². The third kappa shape index (κ3) is 36.6. The molecule has 0 aliphatic carbocycles. The second-order valence-corrected chi connectivity index (χ2v) is 13.5. The van der Waals surface area contributed by atoms with Gasteiger partial charge in [0, 0.05) is 12.8 Å². The molecule has 1 unspecified atom stereocenters. The van der Waals surface area contributed by atoms with Gasteiger partial charge in [-0.2, -0.15) is 0 Å². The van der Waals surface area contributed by atoms with Crippen LogP contribution in [-0.2, 0) is 14.3 Å². The monoisotopic (exact) mass is 645 g/mol. The first kappa shape index (κ1) is 44.2. The molecule has 0 aromatic rings. The molecule has 4 heteroatoms. The number of unbranched alkanes of at least 4 members (excludes halogenated alkanes) is 21. The fraction of sp³-hybridized carbons (Fsp3) is 0.810. The number of carbonyl (C=O) groups excluding carboxylic acids is 1. The lowest BCUT2D eigenvalue weighted by Gasteiger charge is -2.18. The fourth-order valence-corrected chi connectivity index (χ4v) is 5.87. The van der Waals surface area contributed by atoms with E-state index in [0.717, 1.165) is 38.5 Å². The number of rotatable bonds is 36. The zero-order valence-electron chi connectivity index (χ0n) is 30.6. The van der Waals surface area contributed by atoms with Crippen LogP contribution in [-0.4, -0.2) is 23.1 Å². The molecule has 0 aromatic carbocycles. The Morgan fingerprint density at radius 2 is 0.870 bits per heavy atom. The number of aliphatic carboxylic acids is 1. The predicted molar refractivity (Wildman–Crippen MR) is 199 cm³/mol. The van der Waals surface area contributed by atoms with E-state index < -0.39 is 5.97 Å². The molecule has 0 amide bonds. The molecule has 0 bridgehead atoms. The fourth-order valence-electron chi connectivity index (χ4n) is 5.87. The van der Waals surface area contributed by atoms with Crippen LogP contribution in [0.1, 0.15) is 213 Å². The first-order valence-electron chi connectivity index (χ1n) is 20.0. The van der Waals surface area contributed by atoms with E-state index in [0.29, 0.717) is 19.3 Å². The van der Waals surface area contributed by atoms with Crippen molar-refractivity contribution in [1.29, 1.82) is 0 Å². The van der Waals surface area contributed by atoms with Gasteiger partial charge >= 0.3 is 11.9 Å². The van der Waals surface area contributed by atoms with Crippen LogP contribution >= 0.6 is 0 Å². The van der Waals surface area contributed by atoms with E-state index in [1.54, 1.807) is 0 Å². The third-order valence-electron chi connectivity index (χ3n) is 8.83. The molecule has 46 heavy (non-hydrogen) atoms. The highest BCUT2D eigenvalue weighted by Crippen LogP contribution is 2.18. The van der Waals surface area contributed by atoms with E-state index >= 15 is 0 Å². The quantitative estimate of drug-likeness (QED) is 0.0419. The number of carboxylic acid groups (broad SMARTS) is 1. The van der Waals surface area contributed by atoms with Gasteiger partial charge in [-0.1, -0.05) is 147 Å². The van der Waals surface area contributed by atoms with E-state index in [9.17, 15) is 9.59 Å². The molecule has 0 saturated heterocycles. The van der Waals surface area contributed by atoms with Gasteiger partial charge in [-0.3, -0.25) is 9.59 Å². The van der Waals surface area contributed by atoms with Crippen molar-refractivity contribution in [1.82, 2.24) is 0 Å². The highest BCUT2D eigenvalue weighted by Gasteiger charge is 2.15. The lowest BCUT2D eigenvalue weighted by Crippen LogP contribution is -2.18. The maximum absolute atomic E-state index is 12.5. The number of allylic oxidation sites excluding steroid dienone is 6. The maximum Gasteiger partial charge on any atom is 0.306 e. The van der Waals surface area contributed by atoms with Crippen molar-refractivity contribution in [2.24, 2.45) is 0 Å². The molecule has 0 aliphatic heterocycles. The first-order chi connectivity index (χ1) is 22.6. The molecule has 0 spiro atoms. The van der Waals surface area contributed by atoms with Crippen molar-refractivity contribution in [3.63, 3.8) is 0 Å². The zero-order chi connectivity index (χ0) is 33.6. The summed E-state index contributed by atoms with van der Waals surface area (Å²) in [5.41, 5.74) is 0. The van der Waals surface area contributed by atoms with Crippen LogP contribution in [0.15, 0.2) is 36.5 Å². The summed E-state index contributed by atoms with van der Waals surface area (Å²) >= 11 is 0. The summed E-state index contributed by atoms with van der Waals surface area (Å²) < 4.78 is 5.82. The van der Waals surface area contributed by atoms with Crippen molar-refractivity contribution >= 4 is 11.9 Å². The van der Waals surface area contributed by atoms with Crippen molar-refractivity contribution < 1.29 is 19.4 Å². The zero-order valence-corrected chi connectivity index (χ0v) is 30.6. The molecule has 268 valence electrons. The summed E-state index contributed by atoms with van der Waals surface area (Å²) in [6.07, 6.45) is 48.7. The Kier molecular flexibility index (Phi) is 36.1. The number of hydrogen-bond donors (Lipinski definition) is 1. The van der Waals surface area contributed by atoms with Crippen LogP contribution in [0.5, 0.6) is 0 Å². The first-order valence-corrected chi connectivity index (χ1v) is 20.0. The Hall–Kier alpha value is -1.84. The van der Waals surface area contributed by atoms with E-state index in [4.69, 9.17) is 9.84 Å². The average molecular weight is 645 g/mol. The molecular weight excluding hydrogens is 568 g/mol. The van der Waals surface area contributed by atoms with Gasteiger partial charge in [-0.25, -0.2) is 0 Å². The van der Waals surface area contributed by atoms with Gasteiger partial charge in [0.15, 0.2) is 0 Å². The van der Waals surface area contributed by atoms with Crippen molar-refractivity contribution in [3.05, 3.63) is 36.5 Å². The van der Waals surface area contributed by atoms with Gasteiger partial charge in [-0.05, 0) is 89.9 Å². The van der Waals surface area contributed by atoms with Crippen LogP contribution in [0.2, 0.25) is 0 Å². The lowest BCUT2D eigenvalue weighted by molar-refractivity contribution is -0.150. The third-order valence-corrected chi connectivity index (χ3v) is 8.83. The Morgan fingerprint density at radius 3 is 1.41 bits per heavy atom. The summed E-state index contributed by atoms with van der Waals surface area (Å²) in [6.45, 7) is 4.51. The van der Waals surface area contributed by atoms with Gasteiger partial charge < -0.3 is 9.84 Å². The molecule has 1 atom stereocenters. The molecule has 0 rings (SSSR count). The van der Waals surface area contributed by atoms with E-state index in [1.165, 1.54) is 135 Å². The summed E-state index contributed by atoms with van der Waals surface area (Å²) in [5.74, 6) is -0.873. The topological polar surface area (TPSA) is 63.6 Å². The summed E-state index contributed by atoms with van der Waals surface area (Å²) in [5, 5.41) is 9.01. The largest absolute Gasteiger partial charge is 0.481 e. The highest BCUT2D eigenvalue weighted by molar-refractivity contribution is 5.69. The predicted octanol–water partition coefficient (Wildman–Crippen LogP) is 13.8. The number of carbonyl (C=O) groups is 2. The molecule has 0 radical (unpaired) electrons. The molecule has 0 saturated carbocycles. The van der Waals surface area contributed by atoms with Gasteiger partial charge in [0.25, 0.3) is 0 Å². The molecule has 0 aliphatic rings. The van der Waals surface area contributed by atoms with Crippen LogP contribution in [0.4, 0.5) is 0 Å². The Morgan fingerprint density at radius 1 is 0.478 bits per heavy atom. The van der Waals surface area contributed by atoms with Crippen LogP contribution < -0.4 is 0 Å². The summed E-state index contributed by atoms with van der Waals surface area (Å²) in [6, 6.07) is 0. The van der Waals surface area contributed by atoms with Gasteiger partial charge in [-0.15, -0.1) is 0 Å². The van der Waals surface area contributed by atoms with Crippen LogP contribution in [0.25, 0.3) is 0 Å². The minimum atomic E-state index is -0.772. The van der Waals surface area contributed by atoms with Crippen LogP contribution in [0, 0.1) is 0 Å². The molecular formula is C42H76O4. The number of esters is 1. The van der Waals surface area contributed by atoms with E-state index in [2.05, 4.69) is 50.3 Å². The maximum atomic E-state index is 12.5. The highest BCUT2D eigenvalue weighted by atomic mass is 16.5. The second kappa shape index (κ2) is 37.6. The van der Waals surface area contributed by atoms with E-state index in [-0.39, 0.29) is 18.5 Å².